The van der Waals surface area contributed by atoms with Gasteiger partial charge in [-0.2, -0.15) is 13.2 Å². The molecule has 160 valence electrons. The monoisotopic (exact) mass is 428 g/mol. The maximum atomic E-state index is 13.0. The normalized spacial score (nSPS) is 15.8. The highest BCUT2D eigenvalue weighted by Gasteiger charge is 2.32. The summed E-state index contributed by atoms with van der Waals surface area (Å²) in [6.45, 7) is 0. The highest BCUT2D eigenvalue weighted by Crippen LogP contribution is 2.34. The second kappa shape index (κ2) is 8.33. The van der Waals surface area contributed by atoms with Crippen LogP contribution in [0.15, 0.2) is 48.9 Å². The number of rotatable bonds is 4. The van der Waals surface area contributed by atoms with Crippen molar-refractivity contribution in [3.05, 3.63) is 71.3 Å². The number of hydrogen-bond acceptors (Lipinski definition) is 5. The van der Waals surface area contributed by atoms with Gasteiger partial charge in [-0.3, -0.25) is 14.8 Å². The molecule has 0 radical (unpaired) electrons. The molecule has 31 heavy (non-hydrogen) atoms. The Morgan fingerprint density at radius 3 is 2.71 bits per heavy atom. The van der Waals surface area contributed by atoms with E-state index in [-0.39, 0.29) is 11.9 Å². The van der Waals surface area contributed by atoms with Gasteiger partial charge in [-0.25, -0.2) is 4.98 Å². The maximum Gasteiger partial charge on any atom is 0.433 e. The molecular weight excluding hydrogens is 409 g/mol. The number of nitrogens with zero attached hydrogens (tertiary/aromatic N) is 3. The first-order valence-corrected chi connectivity index (χ1v) is 9.68. The number of methoxy groups -OCH3 is 1. The van der Waals surface area contributed by atoms with E-state index in [0.29, 0.717) is 29.1 Å². The largest absolute Gasteiger partial charge is 0.481 e. The molecule has 9 heteroatoms. The Labute approximate surface area is 176 Å². The van der Waals surface area contributed by atoms with Gasteiger partial charge in [0.25, 0.3) is 5.91 Å². The van der Waals surface area contributed by atoms with Crippen molar-refractivity contribution in [2.24, 2.45) is 0 Å². The molecule has 3 aromatic heterocycles. The minimum Gasteiger partial charge on any atom is -0.481 e. The Balaban J connectivity index is 1.63. The van der Waals surface area contributed by atoms with Crippen molar-refractivity contribution in [3.63, 3.8) is 0 Å². The number of ether oxygens (including phenoxy) is 1. The smallest absolute Gasteiger partial charge is 0.433 e. The zero-order valence-electron chi connectivity index (χ0n) is 16.6. The summed E-state index contributed by atoms with van der Waals surface area (Å²) in [5, 5.41) is 3.01. The third-order valence-corrected chi connectivity index (χ3v) is 5.19. The van der Waals surface area contributed by atoms with Crippen LogP contribution in [0.3, 0.4) is 0 Å². The molecule has 1 atom stereocenters. The van der Waals surface area contributed by atoms with E-state index < -0.39 is 11.9 Å². The average molecular weight is 428 g/mol. The molecule has 0 aliphatic heterocycles. The molecule has 1 amide bonds. The van der Waals surface area contributed by atoms with E-state index in [0.717, 1.165) is 36.2 Å². The topological polar surface area (TPSA) is 77.0 Å². The van der Waals surface area contributed by atoms with Crippen LogP contribution in [-0.4, -0.2) is 28.0 Å². The first-order chi connectivity index (χ1) is 14.8. The third kappa shape index (κ3) is 4.50. The van der Waals surface area contributed by atoms with Crippen LogP contribution in [0.25, 0.3) is 11.3 Å². The number of aromatic nitrogens is 3. The molecule has 3 aromatic rings. The van der Waals surface area contributed by atoms with Crippen molar-refractivity contribution < 1.29 is 22.7 Å². The SMILES string of the molecule is COc1cc(C(=O)N[C@@H]2CCCc3cnc(-c4ccnc(C(F)(F)F)c4)cc32)ccn1. The standard InChI is InChI=1S/C22H19F3N4O2/c1-31-20-10-14(6-8-27-20)21(30)29-17-4-2-3-15-12-28-18(11-16(15)17)13-5-7-26-19(9-13)22(23,24)25/h5-12,17H,2-4H2,1H3,(H,29,30)/t17-/m1/s1. The molecule has 0 spiro atoms. The molecule has 1 N–H and O–H groups in total. The van der Waals surface area contributed by atoms with Crippen LogP contribution in [0.5, 0.6) is 5.88 Å². The Kier molecular flexibility index (Phi) is 5.58. The van der Waals surface area contributed by atoms with E-state index in [2.05, 4.69) is 20.3 Å². The van der Waals surface area contributed by atoms with Gasteiger partial charge < -0.3 is 10.1 Å². The number of aryl methyl sites for hydroxylation is 1. The lowest BCUT2D eigenvalue weighted by atomic mass is 9.87. The van der Waals surface area contributed by atoms with Crippen molar-refractivity contribution >= 4 is 5.91 Å². The average Bonchev–Trinajstić information content (AvgIpc) is 2.78. The Hall–Kier alpha value is -3.49. The molecule has 0 fully saturated rings. The van der Waals surface area contributed by atoms with Crippen molar-refractivity contribution in [1.29, 1.82) is 0 Å². The van der Waals surface area contributed by atoms with Crippen LogP contribution >= 0.6 is 0 Å². The second-order valence-electron chi connectivity index (χ2n) is 7.20. The third-order valence-electron chi connectivity index (χ3n) is 5.19. The number of nitrogens with one attached hydrogen (secondary N) is 1. The Morgan fingerprint density at radius 1 is 1.13 bits per heavy atom. The lowest BCUT2D eigenvalue weighted by Gasteiger charge is -2.27. The van der Waals surface area contributed by atoms with Gasteiger partial charge >= 0.3 is 6.18 Å². The van der Waals surface area contributed by atoms with Crippen molar-refractivity contribution in [3.8, 4) is 17.1 Å². The summed E-state index contributed by atoms with van der Waals surface area (Å²) in [5.41, 5.74) is 1.99. The van der Waals surface area contributed by atoms with Crippen molar-refractivity contribution in [1.82, 2.24) is 20.3 Å². The molecule has 1 aliphatic carbocycles. The van der Waals surface area contributed by atoms with E-state index in [4.69, 9.17) is 4.74 Å². The summed E-state index contributed by atoms with van der Waals surface area (Å²) in [6, 6.07) is 7.09. The van der Waals surface area contributed by atoms with Gasteiger partial charge in [-0.15, -0.1) is 0 Å². The first-order valence-electron chi connectivity index (χ1n) is 9.68. The van der Waals surface area contributed by atoms with E-state index in [1.54, 1.807) is 24.4 Å². The Bertz CT molecular complexity index is 1120. The number of fused-ring (bicyclic) bond motifs is 1. The fraction of sp³-hybridized carbons (Fsp3) is 0.273. The number of alkyl halides is 3. The predicted molar refractivity (Wildman–Crippen MR) is 106 cm³/mol. The zero-order valence-corrected chi connectivity index (χ0v) is 16.6. The van der Waals surface area contributed by atoms with Crippen LogP contribution in [0.1, 0.15) is 46.1 Å². The lowest BCUT2D eigenvalue weighted by molar-refractivity contribution is -0.141. The molecule has 1 aliphatic rings. The summed E-state index contributed by atoms with van der Waals surface area (Å²) >= 11 is 0. The molecule has 0 bridgehead atoms. The van der Waals surface area contributed by atoms with Gasteiger partial charge in [0, 0.05) is 35.8 Å². The van der Waals surface area contributed by atoms with Gasteiger partial charge in [0.1, 0.15) is 5.69 Å². The molecule has 6 nitrogen and oxygen atoms in total. The molecule has 0 unspecified atom stereocenters. The molecule has 3 heterocycles. The molecule has 0 saturated carbocycles. The summed E-state index contributed by atoms with van der Waals surface area (Å²) in [7, 11) is 1.47. The zero-order chi connectivity index (χ0) is 22.0. The van der Waals surface area contributed by atoms with Gasteiger partial charge in [-0.1, -0.05) is 0 Å². The predicted octanol–water partition coefficient (Wildman–Crippen LogP) is 4.37. The minimum atomic E-state index is -4.54. The highest BCUT2D eigenvalue weighted by atomic mass is 19.4. The number of amides is 1. The number of hydrogen-bond donors (Lipinski definition) is 1. The summed E-state index contributed by atoms with van der Waals surface area (Å²) in [5.74, 6) is 0.0570. The summed E-state index contributed by atoms with van der Waals surface area (Å²) < 4.78 is 44.2. The van der Waals surface area contributed by atoms with Crippen LogP contribution in [0.4, 0.5) is 13.2 Å². The van der Waals surface area contributed by atoms with Crippen LogP contribution in [0.2, 0.25) is 0 Å². The van der Waals surface area contributed by atoms with Crippen molar-refractivity contribution in [2.75, 3.05) is 7.11 Å². The van der Waals surface area contributed by atoms with Crippen LogP contribution < -0.4 is 10.1 Å². The minimum absolute atomic E-state index is 0.277. The highest BCUT2D eigenvalue weighted by molar-refractivity contribution is 5.94. The van der Waals surface area contributed by atoms with E-state index in [9.17, 15) is 18.0 Å². The van der Waals surface area contributed by atoms with E-state index in [1.807, 2.05) is 0 Å². The van der Waals surface area contributed by atoms with Crippen LogP contribution in [0, 0.1) is 0 Å². The second-order valence-corrected chi connectivity index (χ2v) is 7.20. The van der Waals surface area contributed by atoms with Crippen LogP contribution in [-0.2, 0) is 12.6 Å². The van der Waals surface area contributed by atoms with Gasteiger partial charge in [0.05, 0.1) is 18.8 Å². The molecule has 4 rings (SSSR count). The van der Waals surface area contributed by atoms with Gasteiger partial charge in [0.15, 0.2) is 0 Å². The van der Waals surface area contributed by atoms with Crippen molar-refractivity contribution in [2.45, 2.75) is 31.5 Å². The lowest BCUT2D eigenvalue weighted by Crippen LogP contribution is -2.31. The van der Waals surface area contributed by atoms with Gasteiger partial charge in [0.2, 0.25) is 5.88 Å². The quantitative estimate of drug-likeness (QED) is 0.668. The molecule has 0 aromatic carbocycles. The number of pyridine rings is 3. The fourth-order valence-electron chi connectivity index (χ4n) is 3.64. The van der Waals surface area contributed by atoms with E-state index in [1.165, 1.54) is 19.4 Å². The van der Waals surface area contributed by atoms with Gasteiger partial charge in [-0.05, 0) is 54.7 Å². The first kappa shape index (κ1) is 20.8. The summed E-state index contributed by atoms with van der Waals surface area (Å²) in [6.07, 6.45) is 2.13. The molecule has 0 saturated heterocycles. The summed E-state index contributed by atoms with van der Waals surface area (Å²) in [4.78, 5) is 24.5. The maximum absolute atomic E-state index is 13.0. The van der Waals surface area contributed by atoms with E-state index >= 15 is 0 Å². The number of carbonyl (C=O) groups excluding carboxylic acids is 1. The fourth-order valence-corrected chi connectivity index (χ4v) is 3.64. The Morgan fingerprint density at radius 2 is 1.94 bits per heavy atom. The molecular formula is C22H19F3N4O2. The number of carbonyl (C=O) groups is 1. The number of halogens is 3.